The Bertz CT molecular complexity index is 695. The summed E-state index contributed by atoms with van der Waals surface area (Å²) in [6.07, 6.45) is 1.56. The fourth-order valence-electron chi connectivity index (χ4n) is 3.06. The SMILES string of the molecule is N#CCCN(CCC#N)C(=O)C1CCN(C(=O)c2ccc(F)cc2)CC1. The molecule has 0 N–H and O–H groups in total. The number of amides is 2. The maximum Gasteiger partial charge on any atom is 0.253 e. The van der Waals surface area contributed by atoms with Crippen LogP contribution < -0.4 is 0 Å². The van der Waals surface area contributed by atoms with Crippen molar-refractivity contribution in [1.82, 2.24) is 9.80 Å². The highest BCUT2D eigenvalue weighted by molar-refractivity contribution is 5.94. The molecule has 0 radical (unpaired) electrons. The van der Waals surface area contributed by atoms with Crippen molar-refractivity contribution in [3.05, 3.63) is 35.6 Å². The van der Waals surface area contributed by atoms with Crippen LogP contribution in [0.25, 0.3) is 0 Å². The lowest BCUT2D eigenvalue weighted by Gasteiger charge is -2.34. The van der Waals surface area contributed by atoms with Crippen molar-refractivity contribution < 1.29 is 14.0 Å². The van der Waals surface area contributed by atoms with Gasteiger partial charge in [0.1, 0.15) is 5.82 Å². The number of likely N-dealkylation sites (tertiary alicyclic amines) is 1. The molecule has 2 amide bonds. The van der Waals surface area contributed by atoms with Gasteiger partial charge in [-0.15, -0.1) is 0 Å². The first-order chi connectivity index (χ1) is 12.6. The summed E-state index contributed by atoms with van der Waals surface area (Å²) in [6.45, 7) is 1.56. The van der Waals surface area contributed by atoms with E-state index in [-0.39, 0.29) is 36.4 Å². The van der Waals surface area contributed by atoms with Gasteiger partial charge in [0.25, 0.3) is 5.91 Å². The van der Waals surface area contributed by atoms with E-state index in [9.17, 15) is 14.0 Å². The molecule has 2 rings (SSSR count). The van der Waals surface area contributed by atoms with E-state index in [2.05, 4.69) is 0 Å². The van der Waals surface area contributed by atoms with Crippen molar-refractivity contribution >= 4 is 11.8 Å². The van der Waals surface area contributed by atoms with Crippen LogP contribution in [0.15, 0.2) is 24.3 Å². The molecule has 1 saturated heterocycles. The molecule has 1 aliphatic heterocycles. The fraction of sp³-hybridized carbons (Fsp3) is 0.474. The number of hydrogen-bond acceptors (Lipinski definition) is 4. The van der Waals surface area contributed by atoms with Crippen molar-refractivity contribution in [2.24, 2.45) is 5.92 Å². The van der Waals surface area contributed by atoms with Gasteiger partial charge in [0, 0.05) is 37.7 Å². The molecule has 1 aromatic rings. The van der Waals surface area contributed by atoms with E-state index in [1.165, 1.54) is 24.3 Å². The van der Waals surface area contributed by atoms with E-state index < -0.39 is 0 Å². The smallest absolute Gasteiger partial charge is 0.253 e. The summed E-state index contributed by atoms with van der Waals surface area (Å²) in [5.41, 5.74) is 0.431. The van der Waals surface area contributed by atoms with Crippen molar-refractivity contribution in [2.45, 2.75) is 25.7 Å². The minimum absolute atomic E-state index is 0.0515. The summed E-state index contributed by atoms with van der Waals surface area (Å²) in [6, 6.07) is 9.47. The van der Waals surface area contributed by atoms with Crippen LogP contribution in [0.3, 0.4) is 0 Å². The molecular weight excluding hydrogens is 335 g/mol. The molecule has 0 aromatic heterocycles. The highest BCUT2D eigenvalue weighted by Gasteiger charge is 2.30. The first-order valence-electron chi connectivity index (χ1n) is 8.64. The Morgan fingerprint density at radius 1 is 1.08 bits per heavy atom. The summed E-state index contributed by atoms with van der Waals surface area (Å²) in [5, 5.41) is 17.5. The van der Waals surface area contributed by atoms with E-state index in [1.54, 1.807) is 9.80 Å². The van der Waals surface area contributed by atoms with Crippen LogP contribution in [-0.2, 0) is 4.79 Å². The second-order valence-electron chi connectivity index (χ2n) is 6.21. The summed E-state index contributed by atoms with van der Waals surface area (Å²) in [5.74, 6) is -0.809. The summed E-state index contributed by atoms with van der Waals surface area (Å²) in [7, 11) is 0. The number of rotatable bonds is 6. The van der Waals surface area contributed by atoms with Gasteiger partial charge in [-0.2, -0.15) is 10.5 Å². The maximum absolute atomic E-state index is 13.0. The zero-order valence-electron chi connectivity index (χ0n) is 14.5. The van der Waals surface area contributed by atoms with E-state index in [4.69, 9.17) is 10.5 Å². The molecule has 136 valence electrons. The summed E-state index contributed by atoms with van der Waals surface area (Å²) >= 11 is 0. The fourth-order valence-corrected chi connectivity index (χ4v) is 3.06. The quantitative estimate of drug-likeness (QED) is 0.782. The highest BCUT2D eigenvalue weighted by atomic mass is 19.1. The standard InChI is InChI=1S/C19H21FN4O2/c20-17-5-3-15(4-6-17)18(25)24-13-7-16(8-14-24)19(26)23(11-1-9-21)12-2-10-22/h3-6,16H,1-2,7-8,11-14H2. The number of nitrogens with zero attached hydrogens (tertiary/aromatic N) is 4. The third-order valence-electron chi connectivity index (χ3n) is 4.52. The molecule has 0 unspecified atom stereocenters. The molecule has 1 fully saturated rings. The van der Waals surface area contributed by atoms with Gasteiger partial charge in [-0.3, -0.25) is 9.59 Å². The third-order valence-corrected chi connectivity index (χ3v) is 4.52. The van der Waals surface area contributed by atoms with E-state index in [0.717, 1.165) is 0 Å². The van der Waals surface area contributed by atoms with Crippen LogP contribution in [0, 0.1) is 34.4 Å². The number of hydrogen-bond donors (Lipinski definition) is 0. The van der Waals surface area contributed by atoms with Crippen LogP contribution in [-0.4, -0.2) is 47.8 Å². The van der Waals surface area contributed by atoms with E-state index >= 15 is 0 Å². The minimum Gasteiger partial charge on any atom is -0.340 e. The molecule has 0 atom stereocenters. The van der Waals surface area contributed by atoms with Crippen LogP contribution in [0.5, 0.6) is 0 Å². The average Bonchev–Trinajstić information content (AvgIpc) is 2.68. The Balaban J connectivity index is 1.92. The Morgan fingerprint density at radius 3 is 2.12 bits per heavy atom. The second-order valence-corrected chi connectivity index (χ2v) is 6.21. The number of benzene rings is 1. The first-order valence-corrected chi connectivity index (χ1v) is 8.64. The molecule has 0 bridgehead atoms. The average molecular weight is 356 g/mol. The van der Waals surface area contributed by atoms with Crippen molar-refractivity contribution in [1.29, 1.82) is 10.5 Å². The van der Waals surface area contributed by atoms with Crippen molar-refractivity contribution in [2.75, 3.05) is 26.2 Å². The second kappa shape index (κ2) is 9.53. The van der Waals surface area contributed by atoms with Gasteiger partial charge in [0.05, 0.1) is 25.0 Å². The molecule has 26 heavy (non-hydrogen) atoms. The van der Waals surface area contributed by atoms with E-state index in [0.29, 0.717) is 44.6 Å². The molecule has 6 nitrogen and oxygen atoms in total. The Labute approximate surface area is 152 Å². The van der Waals surface area contributed by atoms with Crippen molar-refractivity contribution in [3.8, 4) is 12.1 Å². The number of halogens is 1. The van der Waals surface area contributed by atoms with Crippen LogP contribution in [0.1, 0.15) is 36.0 Å². The Morgan fingerprint density at radius 2 is 1.62 bits per heavy atom. The summed E-state index contributed by atoms with van der Waals surface area (Å²) in [4.78, 5) is 28.3. The zero-order chi connectivity index (χ0) is 18.9. The molecule has 7 heteroatoms. The summed E-state index contributed by atoms with van der Waals surface area (Å²) < 4.78 is 13.0. The lowest BCUT2D eigenvalue weighted by molar-refractivity contribution is -0.136. The number of piperidine rings is 1. The van der Waals surface area contributed by atoms with Gasteiger partial charge in [-0.05, 0) is 37.1 Å². The highest BCUT2D eigenvalue weighted by Crippen LogP contribution is 2.21. The molecular formula is C19H21FN4O2. The van der Waals surface area contributed by atoms with Crippen LogP contribution in [0.2, 0.25) is 0 Å². The van der Waals surface area contributed by atoms with Gasteiger partial charge in [-0.25, -0.2) is 4.39 Å². The lowest BCUT2D eigenvalue weighted by atomic mass is 9.94. The predicted octanol–water partition coefficient (Wildman–Crippen LogP) is 2.33. The zero-order valence-corrected chi connectivity index (χ0v) is 14.5. The van der Waals surface area contributed by atoms with Gasteiger partial charge >= 0.3 is 0 Å². The molecule has 1 aliphatic rings. The Kier molecular flexibility index (Phi) is 7.11. The molecule has 0 saturated carbocycles. The van der Waals surface area contributed by atoms with Gasteiger partial charge in [0.15, 0.2) is 0 Å². The largest absolute Gasteiger partial charge is 0.340 e. The lowest BCUT2D eigenvalue weighted by Crippen LogP contribution is -2.45. The maximum atomic E-state index is 13.0. The van der Waals surface area contributed by atoms with Crippen LogP contribution in [0.4, 0.5) is 4.39 Å². The topological polar surface area (TPSA) is 88.2 Å². The monoisotopic (exact) mass is 356 g/mol. The molecule has 1 heterocycles. The molecule has 1 aromatic carbocycles. The van der Waals surface area contributed by atoms with Gasteiger partial charge in [-0.1, -0.05) is 0 Å². The third kappa shape index (κ3) is 5.03. The normalized spacial score (nSPS) is 14.3. The van der Waals surface area contributed by atoms with Crippen LogP contribution >= 0.6 is 0 Å². The van der Waals surface area contributed by atoms with Gasteiger partial charge < -0.3 is 9.80 Å². The Hall–Kier alpha value is -2.93. The van der Waals surface area contributed by atoms with E-state index in [1.807, 2.05) is 12.1 Å². The number of carbonyl (C=O) groups excluding carboxylic acids is 2. The number of nitriles is 2. The number of carbonyl (C=O) groups is 2. The van der Waals surface area contributed by atoms with Gasteiger partial charge in [0.2, 0.25) is 5.91 Å². The predicted molar refractivity (Wildman–Crippen MR) is 92.1 cm³/mol. The molecule has 0 spiro atoms. The van der Waals surface area contributed by atoms with Crippen molar-refractivity contribution in [3.63, 3.8) is 0 Å². The molecule has 0 aliphatic carbocycles. The first kappa shape index (κ1) is 19.4. The minimum atomic E-state index is -0.388.